The zero-order valence-corrected chi connectivity index (χ0v) is 57.5. The van der Waals surface area contributed by atoms with Crippen LogP contribution in [0.4, 0.5) is 49.9 Å². The molecule has 504 valence electrons. The molecule has 3 aromatic heterocycles. The monoisotopic (exact) mass is 1360 g/mol. The van der Waals surface area contributed by atoms with Crippen molar-refractivity contribution in [1.29, 1.82) is 0 Å². The van der Waals surface area contributed by atoms with Gasteiger partial charge in [-0.1, -0.05) is 231 Å². The second-order valence-electron chi connectivity index (χ2n) is 25.4. The number of rotatable bonds is 13. The maximum Gasteiger partial charge on any atom is 0.159 e. The number of nitrogens with one attached hydrogen (secondary N) is 4. The molecular weight excluding hydrogens is 1290 g/mol. The fraction of sp³-hybridized carbons (Fsp3) is 0.0105. The lowest BCUT2D eigenvalue weighted by atomic mass is 10.1. The number of fused-ring (bicyclic) bond motifs is 10. The van der Waals surface area contributed by atoms with Crippen molar-refractivity contribution in [2.75, 3.05) is 28.4 Å². The quantitative estimate of drug-likeness (QED) is 0.0914. The SMILES string of the molecule is COc1ccc(Nc2ccc(F)cc2)cc1.c1ccc(-c2cccc(-n3c4ccccc4c4cc(Nc5cccc6ccccc56)ccc43)c2)cc1.c1ccc(Nc2ccc3c(c2)c2ccc4ccccc4c2n3-c2ccc3ccccc3c2)cc1.c1ccc(Nc2cnc(-c3ccccc3)nc2)cc1. The second-order valence-corrected chi connectivity index (χ2v) is 25.4. The van der Waals surface area contributed by atoms with Crippen molar-refractivity contribution in [1.82, 2.24) is 19.1 Å². The van der Waals surface area contributed by atoms with E-state index in [0.717, 1.165) is 68.3 Å². The molecule has 105 heavy (non-hydrogen) atoms. The number of hydrogen-bond acceptors (Lipinski definition) is 7. The van der Waals surface area contributed by atoms with E-state index in [-0.39, 0.29) is 5.82 Å². The fourth-order valence-electron chi connectivity index (χ4n) is 13.6. The van der Waals surface area contributed by atoms with E-state index in [1.165, 1.54) is 105 Å². The number of methoxy groups -OCH3 is 1. The maximum atomic E-state index is 12.7. The third-order valence-corrected chi connectivity index (χ3v) is 18.6. The third-order valence-electron chi connectivity index (χ3n) is 18.6. The van der Waals surface area contributed by atoms with Crippen molar-refractivity contribution >= 4 is 121 Å². The van der Waals surface area contributed by atoms with Gasteiger partial charge in [-0.2, -0.15) is 0 Å². The normalized spacial score (nSPS) is 11.0. The second kappa shape index (κ2) is 30.4. The smallest absolute Gasteiger partial charge is 0.159 e. The molecule has 10 heteroatoms. The van der Waals surface area contributed by atoms with E-state index in [1.54, 1.807) is 31.6 Å². The van der Waals surface area contributed by atoms with Crippen LogP contribution >= 0.6 is 0 Å². The third kappa shape index (κ3) is 14.6. The molecule has 19 rings (SSSR count). The predicted molar refractivity (Wildman–Crippen MR) is 439 cm³/mol. The van der Waals surface area contributed by atoms with Gasteiger partial charge in [0.25, 0.3) is 0 Å². The highest BCUT2D eigenvalue weighted by atomic mass is 19.1. The summed E-state index contributed by atoms with van der Waals surface area (Å²) in [6.45, 7) is 0. The van der Waals surface area contributed by atoms with Crippen LogP contribution in [0.15, 0.2) is 389 Å². The summed E-state index contributed by atoms with van der Waals surface area (Å²) in [5, 5.41) is 26.1. The number of anilines is 8. The average Bonchev–Trinajstić information content (AvgIpc) is 1.58. The van der Waals surface area contributed by atoms with Crippen LogP contribution in [0.3, 0.4) is 0 Å². The Morgan fingerprint density at radius 3 is 1.41 bits per heavy atom. The summed E-state index contributed by atoms with van der Waals surface area (Å²) < 4.78 is 22.5. The maximum absolute atomic E-state index is 12.7. The summed E-state index contributed by atoms with van der Waals surface area (Å²) >= 11 is 0. The fourth-order valence-corrected chi connectivity index (χ4v) is 13.6. The first-order chi connectivity index (χ1) is 51.9. The molecule has 0 amide bonds. The molecule has 19 aromatic rings. The summed E-state index contributed by atoms with van der Waals surface area (Å²) in [5.41, 5.74) is 18.7. The molecule has 0 spiro atoms. The predicted octanol–water partition coefficient (Wildman–Crippen LogP) is 25.6. The first-order valence-electron chi connectivity index (χ1n) is 35.0. The van der Waals surface area contributed by atoms with Crippen LogP contribution in [0.25, 0.3) is 110 Å². The molecule has 0 radical (unpaired) electrons. The highest BCUT2D eigenvalue weighted by Gasteiger charge is 2.18. The number of hydrogen-bond donors (Lipinski definition) is 4. The summed E-state index contributed by atoms with van der Waals surface area (Å²) in [6, 6.07) is 129. The van der Waals surface area contributed by atoms with E-state index in [0.29, 0.717) is 0 Å². The van der Waals surface area contributed by atoms with E-state index in [1.807, 2.05) is 91.0 Å². The number of aromatic nitrogens is 4. The summed E-state index contributed by atoms with van der Waals surface area (Å²) in [5.74, 6) is 1.31. The molecule has 0 aliphatic heterocycles. The molecule has 16 aromatic carbocycles. The van der Waals surface area contributed by atoms with Crippen molar-refractivity contribution in [2.24, 2.45) is 0 Å². The Morgan fingerprint density at radius 2 is 0.733 bits per heavy atom. The lowest BCUT2D eigenvalue weighted by Crippen LogP contribution is -1.95. The van der Waals surface area contributed by atoms with Gasteiger partial charge in [-0.15, -0.1) is 0 Å². The first-order valence-corrected chi connectivity index (χ1v) is 35.0. The van der Waals surface area contributed by atoms with Crippen molar-refractivity contribution in [3.63, 3.8) is 0 Å². The molecule has 0 unspecified atom stereocenters. The van der Waals surface area contributed by atoms with Gasteiger partial charge in [0.1, 0.15) is 11.6 Å². The molecule has 0 saturated heterocycles. The Morgan fingerprint density at radius 1 is 0.276 bits per heavy atom. The van der Waals surface area contributed by atoms with Gasteiger partial charge in [0.05, 0.1) is 47.3 Å². The topological polar surface area (TPSA) is 93.0 Å². The van der Waals surface area contributed by atoms with Crippen LogP contribution in [-0.2, 0) is 0 Å². The van der Waals surface area contributed by atoms with Crippen LogP contribution in [-0.4, -0.2) is 26.2 Å². The first kappa shape index (κ1) is 65.5. The van der Waals surface area contributed by atoms with Crippen molar-refractivity contribution in [3.8, 4) is 39.6 Å². The Bertz CT molecular complexity index is 6190. The number of benzene rings is 16. The van der Waals surface area contributed by atoms with E-state index in [4.69, 9.17) is 4.74 Å². The molecule has 0 saturated carbocycles. The Hall–Kier alpha value is -14.1. The van der Waals surface area contributed by atoms with E-state index in [9.17, 15) is 4.39 Å². The number of nitrogens with zero attached hydrogens (tertiary/aromatic N) is 4. The van der Waals surface area contributed by atoms with Crippen LogP contribution in [0.5, 0.6) is 5.75 Å². The molecule has 9 nitrogen and oxygen atoms in total. The molecule has 4 N–H and O–H groups in total. The molecule has 0 bridgehead atoms. The van der Waals surface area contributed by atoms with E-state index in [2.05, 4.69) is 301 Å². The molecule has 0 fully saturated rings. The Kier molecular flexibility index (Phi) is 19.0. The minimum absolute atomic E-state index is 0.236. The van der Waals surface area contributed by atoms with Crippen LogP contribution < -0.4 is 26.0 Å². The molecular formula is C95H71FN8O. The minimum Gasteiger partial charge on any atom is -0.497 e. The zero-order chi connectivity index (χ0) is 70.7. The van der Waals surface area contributed by atoms with Crippen molar-refractivity contribution in [2.45, 2.75) is 0 Å². The average molecular weight is 1360 g/mol. The lowest BCUT2D eigenvalue weighted by Gasteiger charge is -2.12. The van der Waals surface area contributed by atoms with E-state index >= 15 is 0 Å². The van der Waals surface area contributed by atoms with E-state index < -0.39 is 0 Å². The minimum atomic E-state index is -0.236. The summed E-state index contributed by atoms with van der Waals surface area (Å²) in [6.07, 6.45) is 3.59. The number of ether oxygens (including phenoxy) is 1. The highest BCUT2D eigenvalue weighted by molar-refractivity contribution is 6.19. The van der Waals surface area contributed by atoms with Crippen LogP contribution in [0, 0.1) is 5.82 Å². The van der Waals surface area contributed by atoms with Gasteiger partial charge in [0.15, 0.2) is 5.82 Å². The van der Waals surface area contributed by atoms with Crippen LogP contribution in [0.2, 0.25) is 0 Å². The largest absolute Gasteiger partial charge is 0.497 e. The Labute approximate surface area is 608 Å². The molecule has 3 heterocycles. The molecule has 0 atom stereocenters. The van der Waals surface area contributed by atoms with Gasteiger partial charge in [-0.3, -0.25) is 0 Å². The lowest BCUT2D eigenvalue weighted by molar-refractivity contribution is 0.415. The summed E-state index contributed by atoms with van der Waals surface area (Å²) in [4.78, 5) is 8.74. The molecule has 0 aliphatic carbocycles. The van der Waals surface area contributed by atoms with Crippen molar-refractivity contribution in [3.05, 3.63) is 394 Å². The Balaban J connectivity index is 0.000000113. The van der Waals surface area contributed by atoms with Crippen LogP contribution in [0.1, 0.15) is 0 Å². The summed E-state index contributed by atoms with van der Waals surface area (Å²) in [7, 11) is 1.63. The number of para-hydroxylation sites is 3. The van der Waals surface area contributed by atoms with Gasteiger partial charge in [-0.05, 0) is 178 Å². The van der Waals surface area contributed by atoms with Gasteiger partial charge in [0, 0.05) is 89.1 Å². The zero-order valence-electron chi connectivity index (χ0n) is 57.5. The standard InChI is InChI=1S/C34H24N2.C32H22N2.C16H13N3.C13H12FNO/c1-2-10-24(11-3-1)26-14-8-15-28(22-26)36-33-19-7-6-17-30(33)31-23-27(20-21-34(31)36)35-32-18-9-13-25-12-4-5-16-29(25)32;1-2-11-25(12-3-1)33-26-16-19-31-30(21-26)29-18-15-23-9-6-7-13-28(23)32(29)34(31)27-17-14-22-8-4-5-10-24(22)20-27;1-3-7-13(8-4-1)16-17-11-15(12-18-16)19-14-9-5-2-6-10-14;1-16-13-8-6-12(7-9-13)15-11-4-2-10(14)3-5-11/h1-23,35H;1-21,33H;1-12,19H;2-9,15H,1H3. The van der Waals surface area contributed by atoms with Gasteiger partial charge >= 0.3 is 0 Å². The number of halogens is 1. The van der Waals surface area contributed by atoms with Gasteiger partial charge in [-0.25, -0.2) is 14.4 Å². The van der Waals surface area contributed by atoms with Gasteiger partial charge < -0.3 is 35.1 Å². The van der Waals surface area contributed by atoms with Gasteiger partial charge in [0.2, 0.25) is 0 Å². The van der Waals surface area contributed by atoms with Crippen molar-refractivity contribution < 1.29 is 9.13 Å². The highest BCUT2D eigenvalue weighted by Crippen LogP contribution is 2.40. The molecule has 0 aliphatic rings.